The van der Waals surface area contributed by atoms with Gasteiger partial charge in [0.25, 0.3) is 21.9 Å². The molecule has 354 valence electrons. The average molecular weight is 979 g/mol. The van der Waals surface area contributed by atoms with Crippen LogP contribution in [0.25, 0.3) is 52.2 Å². The molecule has 17 nitrogen and oxygen atoms in total. The topological polar surface area (TPSA) is 195 Å². The quantitative estimate of drug-likeness (QED) is 0.110. The van der Waals surface area contributed by atoms with E-state index in [1.54, 1.807) is 12.1 Å². The van der Waals surface area contributed by atoms with Gasteiger partial charge in [0, 0.05) is 39.3 Å². The smallest absolute Gasteiger partial charge is 0.264 e. The third-order valence-electron chi connectivity index (χ3n) is 12.7. The Morgan fingerprint density at radius 3 is 1.62 bits per heavy atom. The highest BCUT2D eigenvalue weighted by Crippen LogP contribution is 2.34. The number of hydrogen-bond acceptors (Lipinski definition) is 15. The van der Waals surface area contributed by atoms with Crippen LogP contribution in [0.5, 0.6) is 0 Å². The third kappa shape index (κ3) is 9.15. The number of fused-ring (bicyclic) bond motifs is 10. The van der Waals surface area contributed by atoms with Gasteiger partial charge in [0.1, 0.15) is 32.4 Å². The summed E-state index contributed by atoms with van der Waals surface area (Å²) in [6, 6.07) is 22.8. The molecule has 0 radical (unpaired) electrons. The van der Waals surface area contributed by atoms with E-state index < -0.39 is 21.5 Å². The van der Waals surface area contributed by atoms with E-state index in [9.17, 15) is 27.6 Å². The minimum atomic E-state index is -3.62. The zero-order chi connectivity index (χ0) is 46.9. The number of hydrogen-bond donors (Lipinski definition) is 2. The molecule has 3 fully saturated rings. The highest BCUT2D eigenvalue weighted by Gasteiger charge is 2.26. The summed E-state index contributed by atoms with van der Waals surface area (Å²) >= 11 is 2.80. The molecule has 1 saturated carbocycles. The van der Waals surface area contributed by atoms with E-state index in [0.29, 0.717) is 77.8 Å². The second-order valence-electron chi connectivity index (χ2n) is 17.1. The molecule has 2 amide bonds. The molecule has 68 heavy (non-hydrogen) atoms. The van der Waals surface area contributed by atoms with E-state index in [2.05, 4.69) is 24.6 Å². The Labute approximate surface area is 398 Å². The van der Waals surface area contributed by atoms with E-state index in [0.717, 1.165) is 70.2 Å². The van der Waals surface area contributed by atoms with Gasteiger partial charge in [-0.15, -0.1) is 22.7 Å². The van der Waals surface area contributed by atoms with Gasteiger partial charge in [-0.3, -0.25) is 32.2 Å². The Hall–Kier alpha value is -6.03. The number of morpholine rings is 2. The molecule has 3 aliphatic rings. The Balaban J connectivity index is 0.000000159. The first-order valence-electron chi connectivity index (χ1n) is 22.8. The predicted molar refractivity (Wildman–Crippen MR) is 267 cm³/mol. The molecule has 1 aliphatic carbocycles. The van der Waals surface area contributed by atoms with Crippen molar-refractivity contribution in [2.24, 2.45) is 5.92 Å². The second-order valence-corrected chi connectivity index (χ2v) is 20.8. The highest BCUT2D eigenvalue weighted by molar-refractivity contribution is 7.86. The number of para-hydroxylation sites is 2. The number of benzene rings is 2. The van der Waals surface area contributed by atoms with Crippen LogP contribution in [0.4, 0.5) is 11.6 Å². The fourth-order valence-electron chi connectivity index (χ4n) is 9.00. The SMILES string of the molecule is CS(=O)(=O)OCCNC(=O)c1c(=O)c2ccc(N3CCOCC3)nc2n2c1sc1ccccc12.O=C(NCCCC1CCC1)c1c(=O)c2ccc(N3CCOCC3)nc2n2c1sc1ccccc12. The van der Waals surface area contributed by atoms with Crippen molar-refractivity contribution in [3.63, 3.8) is 0 Å². The van der Waals surface area contributed by atoms with Gasteiger partial charge < -0.3 is 29.9 Å². The largest absolute Gasteiger partial charge is 0.378 e. The number of thiazole rings is 2. The fraction of sp³-hybridized carbons (Fsp3) is 0.375. The molecule has 11 rings (SSSR count). The average Bonchev–Trinajstić information content (AvgIpc) is 3.92. The van der Waals surface area contributed by atoms with Crippen LogP contribution in [-0.4, -0.2) is 118 Å². The van der Waals surface area contributed by atoms with Crippen LogP contribution in [0.3, 0.4) is 0 Å². The maximum absolute atomic E-state index is 13.6. The molecule has 8 heterocycles. The Bertz CT molecular complexity index is 3460. The Kier molecular flexibility index (Phi) is 13.1. The third-order valence-corrected chi connectivity index (χ3v) is 15.5. The summed E-state index contributed by atoms with van der Waals surface area (Å²) in [6.07, 6.45) is 6.97. The molecule has 0 atom stereocenters. The van der Waals surface area contributed by atoms with Crippen molar-refractivity contribution in [3.8, 4) is 0 Å². The molecule has 0 unspecified atom stereocenters. The van der Waals surface area contributed by atoms with Crippen LogP contribution in [0.15, 0.2) is 82.4 Å². The number of ether oxygens (including phenoxy) is 2. The molecule has 2 aliphatic heterocycles. The second kappa shape index (κ2) is 19.5. The lowest BCUT2D eigenvalue weighted by atomic mass is 9.82. The number of carbonyl (C=O) groups is 2. The van der Waals surface area contributed by atoms with Crippen LogP contribution in [-0.2, 0) is 23.8 Å². The van der Waals surface area contributed by atoms with Crippen molar-refractivity contribution >= 4 is 108 Å². The van der Waals surface area contributed by atoms with Gasteiger partial charge in [-0.2, -0.15) is 8.42 Å². The van der Waals surface area contributed by atoms with E-state index in [-0.39, 0.29) is 35.6 Å². The number of nitrogens with zero attached hydrogens (tertiary/aromatic N) is 6. The van der Waals surface area contributed by atoms with Gasteiger partial charge in [-0.25, -0.2) is 9.97 Å². The standard InChI is InChI=1S/C26H28N4O3S.C22H22N4O6S2/c31-23-18-10-11-21(29-13-15-33-16-14-29)28-24(18)30-19-8-1-2-9-20(19)34-26(30)22(23)25(32)27-12-4-7-17-5-3-6-17;1-34(29,30)32-11-8-23-21(28)18-19(27)14-6-7-17(25-9-12-31-13-10-25)24-20(14)26-15-4-2-3-5-16(15)33-22(18)26/h1-2,8-11,17H,3-7,12-16H2,(H,27,32);2-7H,8-13H2,1H3,(H,23,28). The number of aromatic nitrogens is 4. The first kappa shape index (κ1) is 45.7. The number of carbonyl (C=O) groups excluding carboxylic acids is 2. The van der Waals surface area contributed by atoms with Crippen LogP contribution < -0.4 is 31.3 Å². The van der Waals surface area contributed by atoms with Gasteiger partial charge >= 0.3 is 0 Å². The van der Waals surface area contributed by atoms with Crippen molar-refractivity contribution in [2.45, 2.75) is 32.1 Å². The number of amides is 2. The molecule has 6 aromatic heterocycles. The van der Waals surface area contributed by atoms with Crippen molar-refractivity contribution in [3.05, 3.63) is 104 Å². The summed E-state index contributed by atoms with van der Waals surface area (Å²) in [5.41, 5.74) is 2.42. The summed E-state index contributed by atoms with van der Waals surface area (Å²) < 4.78 is 43.7. The van der Waals surface area contributed by atoms with Gasteiger partial charge in [0.15, 0.2) is 11.3 Å². The van der Waals surface area contributed by atoms with Crippen molar-refractivity contribution in [2.75, 3.05) is 88.4 Å². The molecule has 2 saturated heterocycles. The molecular formula is C48H50N8O9S3. The number of pyridine rings is 4. The first-order valence-corrected chi connectivity index (χ1v) is 26.3. The highest BCUT2D eigenvalue weighted by atomic mass is 32.2. The predicted octanol–water partition coefficient (Wildman–Crippen LogP) is 5.81. The summed E-state index contributed by atoms with van der Waals surface area (Å²) in [5, 5.41) is 6.42. The summed E-state index contributed by atoms with van der Waals surface area (Å²) in [5.74, 6) is 1.50. The van der Waals surface area contributed by atoms with E-state index in [1.807, 2.05) is 69.5 Å². The molecular weight excluding hydrogens is 929 g/mol. The lowest BCUT2D eigenvalue weighted by molar-refractivity contribution is 0.0942. The van der Waals surface area contributed by atoms with Crippen LogP contribution in [0, 0.1) is 5.92 Å². The summed E-state index contributed by atoms with van der Waals surface area (Å²) in [7, 11) is -3.62. The van der Waals surface area contributed by atoms with Crippen molar-refractivity contribution < 1.29 is 31.7 Å². The zero-order valence-corrected chi connectivity index (χ0v) is 39.9. The monoisotopic (exact) mass is 978 g/mol. The molecule has 2 aromatic carbocycles. The van der Waals surface area contributed by atoms with Crippen molar-refractivity contribution in [1.29, 1.82) is 0 Å². The van der Waals surface area contributed by atoms with Crippen LogP contribution in [0.1, 0.15) is 52.8 Å². The molecule has 0 spiro atoms. The van der Waals surface area contributed by atoms with Crippen molar-refractivity contribution in [1.82, 2.24) is 29.4 Å². The van der Waals surface area contributed by atoms with Crippen LogP contribution in [0.2, 0.25) is 0 Å². The minimum absolute atomic E-state index is 0.00558. The number of nitrogens with one attached hydrogen (secondary N) is 2. The minimum Gasteiger partial charge on any atom is -0.378 e. The van der Waals surface area contributed by atoms with E-state index in [4.69, 9.17) is 19.4 Å². The molecule has 20 heteroatoms. The Morgan fingerprint density at radius 2 is 1.16 bits per heavy atom. The number of anilines is 2. The molecule has 0 bridgehead atoms. The maximum Gasteiger partial charge on any atom is 0.264 e. The summed E-state index contributed by atoms with van der Waals surface area (Å²) in [6.45, 7) is 5.80. The van der Waals surface area contributed by atoms with Crippen LogP contribution >= 0.6 is 22.7 Å². The van der Waals surface area contributed by atoms with Gasteiger partial charge in [-0.05, 0) is 67.3 Å². The zero-order valence-electron chi connectivity index (χ0n) is 37.4. The first-order chi connectivity index (χ1) is 33.0. The normalized spacial score (nSPS) is 15.8. The molecule has 8 aromatic rings. The lowest BCUT2D eigenvalue weighted by Crippen LogP contribution is -2.37. The maximum atomic E-state index is 13.6. The van der Waals surface area contributed by atoms with Gasteiger partial charge in [0.05, 0.1) is 70.5 Å². The van der Waals surface area contributed by atoms with E-state index in [1.165, 1.54) is 41.9 Å². The van der Waals surface area contributed by atoms with E-state index >= 15 is 0 Å². The summed E-state index contributed by atoms with van der Waals surface area (Å²) in [4.78, 5) is 68.6. The fourth-order valence-corrected chi connectivity index (χ4v) is 11.8. The van der Waals surface area contributed by atoms with Gasteiger partial charge in [-0.1, -0.05) is 43.5 Å². The Morgan fingerprint density at radius 1 is 0.691 bits per heavy atom. The van der Waals surface area contributed by atoms with Gasteiger partial charge in [0.2, 0.25) is 10.9 Å². The molecule has 2 N–H and O–H groups in total. The number of rotatable bonds is 12. The lowest BCUT2D eigenvalue weighted by Gasteiger charge is -2.28.